The molecule has 0 aliphatic rings. The molecule has 2 aromatic rings. The largest absolute Gasteiger partial charge is 0.445 e. The number of amides is 5. The molecular weight excluding hydrogens is 783 g/mol. The van der Waals surface area contributed by atoms with Gasteiger partial charge in [0.15, 0.2) is 0 Å². The molecule has 12 nitrogen and oxygen atoms in total. The standard InChI is InChI=1S/C42H61N5O7S3/c1-8-25-54-40(53)47-34(28-55-57-42(5,6)7)37(50)44-24-16-15-21-32(36(43)49)45-38(51)33(26-30-19-13-10-14-20-30)46-39(52)35(48)27-31(56-41(2,3)4)23-22-29-17-11-9-12-18-29/h8-14,17-20,23,32-35,48H,1,15-16,21-22,24-28H2,2-7H3,(H2,43,49)(H,44,50)(H,45,51)(H,46,52)(H,47,53)/b31-23+/t32-,33-,34-,35?/m0/s1. The number of rotatable bonds is 24. The summed E-state index contributed by atoms with van der Waals surface area (Å²) in [5, 5.41) is 21.9. The fraction of sp³-hybridized carbons (Fsp3) is 0.500. The average molecular weight is 844 g/mol. The van der Waals surface area contributed by atoms with Gasteiger partial charge in [-0.05, 0) is 41.7 Å². The van der Waals surface area contributed by atoms with Crippen LogP contribution in [0.5, 0.6) is 0 Å². The van der Waals surface area contributed by atoms with E-state index < -0.39 is 48.0 Å². The molecule has 57 heavy (non-hydrogen) atoms. The van der Waals surface area contributed by atoms with Crippen LogP contribution in [0.15, 0.2) is 84.3 Å². The number of carbonyl (C=O) groups is 5. The van der Waals surface area contributed by atoms with Crippen LogP contribution in [-0.2, 0) is 36.8 Å². The lowest BCUT2D eigenvalue weighted by Crippen LogP contribution is -2.55. The molecule has 0 spiro atoms. The Hall–Kier alpha value is -3.92. The number of hydrogen-bond acceptors (Lipinski definition) is 10. The summed E-state index contributed by atoms with van der Waals surface area (Å²) in [6, 6.07) is 16.0. The Bertz CT molecular complexity index is 1620. The second-order valence-electron chi connectivity index (χ2n) is 15.4. The lowest BCUT2D eigenvalue weighted by atomic mass is 10.0. The van der Waals surface area contributed by atoms with E-state index in [2.05, 4.69) is 48.6 Å². The minimum atomic E-state index is -1.43. The molecule has 1 unspecified atom stereocenters. The predicted molar refractivity (Wildman–Crippen MR) is 235 cm³/mol. The summed E-state index contributed by atoms with van der Waals surface area (Å²) in [6.07, 6.45) is 3.14. The molecule has 0 radical (unpaired) electrons. The van der Waals surface area contributed by atoms with Gasteiger partial charge in [-0.1, -0.05) is 143 Å². The van der Waals surface area contributed by atoms with Gasteiger partial charge in [-0.15, -0.1) is 11.8 Å². The summed E-state index contributed by atoms with van der Waals surface area (Å²) in [4.78, 5) is 65.7. The summed E-state index contributed by atoms with van der Waals surface area (Å²) < 4.78 is 4.78. The Balaban J connectivity index is 2.06. The van der Waals surface area contributed by atoms with E-state index in [0.717, 1.165) is 16.0 Å². The van der Waals surface area contributed by atoms with Crippen molar-refractivity contribution in [3.63, 3.8) is 0 Å². The zero-order valence-corrected chi connectivity index (χ0v) is 36.5. The highest BCUT2D eigenvalue weighted by Gasteiger charge is 2.29. The third-order valence-electron chi connectivity index (χ3n) is 7.82. The fourth-order valence-electron chi connectivity index (χ4n) is 5.16. The quantitative estimate of drug-likeness (QED) is 0.0426. The highest BCUT2D eigenvalue weighted by molar-refractivity contribution is 8.77. The number of unbranched alkanes of at least 4 members (excludes halogenated alkanes) is 1. The Kier molecular flexibility index (Phi) is 22.0. The summed E-state index contributed by atoms with van der Waals surface area (Å²) in [7, 11) is 3.05. The third kappa shape index (κ3) is 22.0. The number of nitrogens with one attached hydrogen (secondary N) is 4. The van der Waals surface area contributed by atoms with E-state index in [4.69, 9.17) is 10.5 Å². The number of allylic oxidation sites excluding steroid dienone is 1. The van der Waals surface area contributed by atoms with Crippen molar-refractivity contribution in [3.8, 4) is 0 Å². The molecule has 314 valence electrons. The number of alkyl carbamates (subject to hydrolysis) is 1. The molecule has 2 rings (SSSR count). The van der Waals surface area contributed by atoms with Crippen molar-refractivity contribution in [1.82, 2.24) is 21.3 Å². The number of aliphatic hydroxyl groups is 1. The summed E-state index contributed by atoms with van der Waals surface area (Å²) >= 11 is 1.57. The Morgan fingerprint density at radius 3 is 2.00 bits per heavy atom. The molecule has 0 aromatic heterocycles. The first kappa shape index (κ1) is 49.2. The van der Waals surface area contributed by atoms with Crippen molar-refractivity contribution in [2.45, 2.75) is 114 Å². The Morgan fingerprint density at radius 1 is 0.807 bits per heavy atom. The summed E-state index contributed by atoms with van der Waals surface area (Å²) in [5.41, 5.74) is 7.57. The normalized spacial score (nSPS) is 14.0. The zero-order chi connectivity index (χ0) is 42.4. The first-order valence-corrected chi connectivity index (χ1v) is 22.2. The van der Waals surface area contributed by atoms with Gasteiger partial charge >= 0.3 is 6.09 Å². The van der Waals surface area contributed by atoms with Crippen LogP contribution in [-0.4, -0.2) is 87.5 Å². The number of carbonyl (C=O) groups excluding carboxylic acids is 5. The lowest BCUT2D eigenvalue weighted by Gasteiger charge is -2.25. The van der Waals surface area contributed by atoms with Crippen LogP contribution in [0.3, 0.4) is 0 Å². The van der Waals surface area contributed by atoms with Crippen molar-refractivity contribution < 1.29 is 33.8 Å². The van der Waals surface area contributed by atoms with Crippen LogP contribution in [0.1, 0.15) is 78.4 Å². The molecule has 0 aliphatic heterocycles. The zero-order valence-electron chi connectivity index (χ0n) is 34.0. The van der Waals surface area contributed by atoms with E-state index >= 15 is 0 Å². The molecular formula is C42H61N5O7S3. The molecule has 2 aromatic carbocycles. The van der Waals surface area contributed by atoms with E-state index in [0.29, 0.717) is 25.0 Å². The van der Waals surface area contributed by atoms with Crippen LogP contribution in [0.4, 0.5) is 4.79 Å². The molecule has 0 fully saturated rings. The SMILES string of the molecule is C=CCOC(=O)N[C@@H](CSSC(C)(C)C)C(=O)NCCCC[C@H](NC(=O)[C@H](Cc1ccccc1)NC(=O)C(O)C/C(=C\Cc1ccccc1)SC(C)(C)C)C(N)=O. The van der Waals surface area contributed by atoms with Crippen LogP contribution in [0.2, 0.25) is 0 Å². The third-order valence-corrected chi connectivity index (χ3v) is 12.4. The lowest BCUT2D eigenvalue weighted by molar-refractivity contribution is -0.134. The smallest absolute Gasteiger partial charge is 0.408 e. The first-order chi connectivity index (χ1) is 26.9. The highest BCUT2D eigenvalue weighted by atomic mass is 33.1. The second kappa shape index (κ2) is 25.4. The minimum absolute atomic E-state index is 0.00780. The molecule has 0 saturated heterocycles. The molecule has 5 amide bonds. The van der Waals surface area contributed by atoms with Gasteiger partial charge in [0.05, 0.1) is 0 Å². The van der Waals surface area contributed by atoms with Crippen LogP contribution < -0.4 is 27.0 Å². The average Bonchev–Trinajstić information content (AvgIpc) is 3.14. The topological polar surface area (TPSA) is 189 Å². The molecule has 4 atom stereocenters. The molecule has 0 heterocycles. The number of ether oxygens (including phenoxy) is 1. The minimum Gasteiger partial charge on any atom is -0.445 e. The number of primary amides is 1. The van der Waals surface area contributed by atoms with Crippen molar-refractivity contribution in [2.75, 3.05) is 18.9 Å². The summed E-state index contributed by atoms with van der Waals surface area (Å²) in [6.45, 7) is 16.1. The monoisotopic (exact) mass is 843 g/mol. The molecule has 15 heteroatoms. The maximum absolute atomic E-state index is 13.7. The number of benzene rings is 2. The van der Waals surface area contributed by atoms with Gasteiger partial charge in [-0.3, -0.25) is 19.2 Å². The van der Waals surface area contributed by atoms with Crippen molar-refractivity contribution in [1.29, 1.82) is 0 Å². The van der Waals surface area contributed by atoms with E-state index in [1.54, 1.807) is 22.6 Å². The van der Waals surface area contributed by atoms with Gasteiger partial charge in [0, 0.05) is 34.6 Å². The Morgan fingerprint density at radius 2 is 1.42 bits per heavy atom. The number of thioether (sulfide) groups is 1. The van der Waals surface area contributed by atoms with E-state index in [-0.39, 0.29) is 47.8 Å². The predicted octanol–water partition coefficient (Wildman–Crippen LogP) is 5.84. The van der Waals surface area contributed by atoms with E-state index in [1.165, 1.54) is 16.9 Å². The molecule has 0 bridgehead atoms. The first-order valence-electron chi connectivity index (χ1n) is 19.0. The van der Waals surface area contributed by atoms with E-state index in [1.807, 2.05) is 87.5 Å². The van der Waals surface area contributed by atoms with Gasteiger partial charge in [-0.2, -0.15) is 0 Å². The molecule has 0 saturated carbocycles. The number of hydrogen-bond donors (Lipinski definition) is 6. The van der Waals surface area contributed by atoms with Crippen LogP contribution >= 0.6 is 33.3 Å². The van der Waals surface area contributed by atoms with Gasteiger partial charge < -0.3 is 36.8 Å². The second-order valence-corrected chi connectivity index (χ2v) is 20.5. The van der Waals surface area contributed by atoms with Gasteiger partial charge in [0.1, 0.15) is 30.8 Å². The number of nitrogens with two attached hydrogens (primary N) is 1. The Labute approximate surface area is 350 Å². The molecule has 0 aliphatic carbocycles. The fourth-order valence-corrected chi connectivity index (χ4v) is 8.82. The maximum Gasteiger partial charge on any atom is 0.408 e. The van der Waals surface area contributed by atoms with Crippen molar-refractivity contribution in [3.05, 3.63) is 95.4 Å². The maximum atomic E-state index is 13.7. The van der Waals surface area contributed by atoms with Gasteiger partial charge in [0.25, 0.3) is 0 Å². The number of aliphatic hydroxyl groups excluding tert-OH is 1. The van der Waals surface area contributed by atoms with Crippen LogP contribution in [0.25, 0.3) is 0 Å². The van der Waals surface area contributed by atoms with Crippen molar-refractivity contribution in [2.24, 2.45) is 5.73 Å². The summed E-state index contributed by atoms with van der Waals surface area (Å²) in [5.74, 6) is -2.16. The van der Waals surface area contributed by atoms with E-state index in [9.17, 15) is 29.1 Å². The highest BCUT2D eigenvalue weighted by Crippen LogP contribution is 2.35. The molecule has 7 N–H and O–H groups in total. The van der Waals surface area contributed by atoms with Gasteiger partial charge in [-0.25, -0.2) is 4.79 Å². The van der Waals surface area contributed by atoms with Crippen molar-refractivity contribution >= 4 is 63.1 Å². The van der Waals surface area contributed by atoms with Gasteiger partial charge in [0.2, 0.25) is 23.6 Å². The van der Waals surface area contributed by atoms with Crippen LogP contribution in [0, 0.1) is 0 Å².